The number of hydrogen-bond donors (Lipinski definition) is 2. The highest BCUT2D eigenvalue weighted by Crippen LogP contribution is 2.07. The Bertz CT molecular complexity index is 534. The maximum atomic E-state index is 4.35. The maximum absolute atomic E-state index is 4.35. The van der Waals surface area contributed by atoms with Gasteiger partial charge in [0.2, 0.25) is 0 Å². The van der Waals surface area contributed by atoms with Gasteiger partial charge in [-0.1, -0.05) is 12.1 Å². The molecular weight excluding hydrogens is 256 g/mol. The number of aromatic nitrogens is 1. The molecule has 0 aromatic carbocycles. The van der Waals surface area contributed by atoms with Gasteiger partial charge in [-0.25, -0.2) is 0 Å². The summed E-state index contributed by atoms with van der Waals surface area (Å²) in [5, 5.41) is 8.63. The molecule has 0 fully saturated rings. The Morgan fingerprint density at radius 1 is 1.26 bits per heavy atom. The molecule has 0 unspecified atom stereocenters. The number of thiophene rings is 1. The number of aryl methyl sites for hydroxylation is 1. The van der Waals surface area contributed by atoms with E-state index in [2.05, 4.69) is 51.1 Å². The summed E-state index contributed by atoms with van der Waals surface area (Å²) in [5.74, 6) is 0.790. The molecule has 100 valence electrons. The number of pyridine rings is 1. The van der Waals surface area contributed by atoms with Crippen LogP contribution in [0.4, 0.5) is 0 Å². The van der Waals surface area contributed by atoms with Gasteiger partial charge >= 0.3 is 0 Å². The molecule has 0 saturated carbocycles. The van der Waals surface area contributed by atoms with Gasteiger partial charge in [-0.2, -0.15) is 0 Å². The zero-order chi connectivity index (χ0) is 13.5. The van der Waals surface area contributed by atoms with Crippen molar-refractivity contribution in [3.8, 4) is 0 Å². The van der Waals surface area contributed by atoms with E-state index in [4.69, 9.17) is 0 Å². The zero-order valence-electron chi connectivity index (χ0n) is 11.2. The second-order valence-electron chi connectivity index (χ2n) is 4.13. The molecule has 19 heavy (non-hydrogen) atoms. The largest absolute Gasteiger partial charge is 0.352 e. The lowest BCUT2D eigenvalue weighted by molar-refractivity contribution is 0.794. The van der Waals surface area contributed by atoms with Gasteiger partial charge in [-0.3, -0.25) is 9.98 Å². The van der Waals surface area contributed by atoms with Crippen molar-refractivity contribution in [1.82, 2.24) is 15.6 Å². The predicted octanol–water partition coefficient (Wildman–Crippen LogP) is 2.32. The van der Waals surface area contributed by atoms with E-state index >= 15 is 0 Å². The van der Waals surface area contributed by atoms with Crippen molar-refractivity contribution >= 4 is 17.3 Å². The van der Waals surface area contributed by atoms with Crippen molar-refractivity contribution in [3.05, 3.63) is 52.0 Å². The molecule has 0 saturated heterocycles. The first kappa shape index (κ1) is 13.5. The summed E-state index contributed by atoms with van der Waals surface area (Å²) < 4.78 is 0. The average molecular weight is 274 g/mol. The Balaban J connectivity index is 1.85. The van der Waals surface area contributed by atoms with E-state index in [1.54, 1.807) is 18.4 Å². The van der Waals surface area contributed by atoms with Gasteiger partial charge in [0.15, 0.2) is 5.96 Å². The number of hydrogen-bond acceptors (Lipinski definition) is 3. The maximum Gasteiger partial charge on any atom is 0.191 e. The van der Waals surface area contributed by atoms with E-state index in [1.165, 1.54) is 10.4 Å². The summed E-state index contributed by atoms with van der Waals surface area (Å²) >= 11 is 1.73. The SMILES string of the molecule is CN=C(NCc1cccs1)NCc1ncccc1C. The summed E-state index contributed by atoms with van der Waals surface area (Å²) in [7, 11) is 1.77. The Morgan fingerprint density at radius 2 is 2.11 bits per heavy atom. The second-order valence-corrected chi connectivity index (χ2v) is 5.16. The van der Waals surface area contributed by atoms with Gasteiger partial charge in [0.1, 0.15) is 0 Å². The third-order valence-corrected chi connectivity index (χ3v) is 3.65. The molecule has 5 heteroatoms. The van der Waals surface area contributed by atoms with E-state index in [1.807, 2.05) is 12.3 Å². The second kappa shape index (κ2) is 6.89. The van der Waals surface area contributed by atoms with Crippen molar-refractivity contribution < 1.29 is 0 Å². The van der Waals surface area contributed by atoms with Crippen LogP contribution in [0.25, 0.3) is 0 Å². The molecular formula is C14H18N4S. The Morgan fingerprint density at radius 3 is 2.79 bits per heavy atom. The average Bonchev–Trinajstić information content (AvgIpc) is 2.94. The van der Waals surface area contributed by atoms with Crippen molar-refractivity contribution in [2.75, 3.05) is 7.05 Å². The third kappa shape index (κ3) is 4.06. The molecule has 0 bridgehead atoms. The summed E-state index contributed by atoms with van der Waals surface area (Å²) in [6.45, 7) is 3.53. The van der Waals surface area contributed by atoms with Gasteiger partial charge in [0, 0.05) is 18.1 Å². The lowest BCUT2D eigenvalue weighted by atomic mass is 10.2. The molecule has 2 aromatic heterocycles. The number of nitrogens with one attached hydrogen (secondary N) is 2. The van der Waals surface area contributed by atoms with E-state index < -0.39 is 0 Å². The molecule has 0 aliphatic heterocycles. The number of guanidine groups is 1. The van der Waals surface area contributed by atoms with Gasteiger partial charge in [0.05, 0.1) is 18.8 Å². The van der Waals surface area contributed by atoms with Crippen LogP contribution in [-0.4, -0.2) is 18.0 Å². The van der Waals surface area contributed by atoms with Crippen LogP contribution in [-0.2, 0) is 13.1 Å². The fourth-order valence-electron chi connectivity index (χ4n) is 1.68. The van der Waals surface area contributed by atoms with Gasteiger partial charge in [-0.05, 0) is 30.0 Å². The molecule has 4 nitrogen and oxygen atoms in total. The molecule has 0 spiro atoms. The van der Waals surface area contributed by atoms with E-state index in [0.29, 0.717) is 6.54 Å². The summed E-state index contributed by atoms with van der Waals surface area (Å²) in [4.78, 5) is 9.84. The van der Waals surface area contributed by atoms with Crippen LogP contribution in [0.15, 0.2) is 40.8 Å². The molecule has 0 amide bonds. The lowest BCUT2D eigenvalue weighted by Gasteiger charge is -2.11. The van der Waals surface area contributed by atoms with Crippen LogP contribution >= 0.6 is 11.3 Å². The van der Waals surface area contributed by atoms with Gasteiger partial charge in [0.25, 0.3) is 0 Å². The third-order valence-electron chi connectivity index (χ3n) is 2.77. The molecule has 0 aliphatic carbocycles. The van der Waals surface area contributed by atoms with Crippen molar-refractivity contribution in [2.24, 2.45) is 4.99 Å². The van der Waals surface area contributed by atoms with Crippen molar-refractivity contribution in [3.63, 3.8) is 0 Å². The van der Waals surface area contributed by atoms with Crippen LogP contribution < -0.4 is 10.6 Å². The normalized spacial score (nSPS) is 11.4. The first-order valence-electron chi connectivity index (χ1n) is 6.17. The Kier molecular flexibility index (Phi) is 4.92. The minimum absolute atomic E-state index is 0.677. The van der Waals surface area contributed by atoms with Gasteiger partial charge in [-0.15, -0.1) is 11.3 Å². The number of aliphatic imine (C=N–C) groups is 1. The molecule has 0 aliphatic rings. The Labute approximate surface area is 117 Å². The minimum atomic E-state index is 0.677. The minimum Gasteiger partial charge on any atom is -0.352 e. The van der Waals surface area contributed by atoms with Crippen LogP contribution in [0.1, 0.15) is 16.1 Å². The van der Waals surface area contributed by atoms with Crippen LogP contribution in [0.5, 0.6) is 0 Å². The highest BCUT2D eigenvalue weighted by Gasteiger charge is 2.02. The summed E-state index contributed by atoms with van der Waals surface area (Å²) in [6, 6.07) is 8.16. The zero-order valence-corrected chi connectivity index (χ0v) is 12.0. The lowest BCUT2D eigenvalue weighted by Crippen LogP contribution is -2.36. The van der Waals surface area contributed by atoms with Crippen LogP contribution in [0.2, 0.25) is 0 Å². The molecule has 0 atom stereocenters. The van der Waals surface area contributed by atoms with Crippen molar-refractivity contribution in [1.29, 1.82) is 0 Å². The van der Waals surface area contributed by atoms with E-state index in [9.17, 15) is 0 Å². The monoisotopic (exact) mass is 274 g/mol. The fourth-order valence-corrected chi connectivity index (χ4v) is 2.32. The summed E-state index contributed by atoms with van der Waals surface area (Å²) in [5.41, 5.74) is 2.23. The molecule has 2 rings (SSSR count). The van der Waals surface area contributed by atoms with Crippen LogP contribution in [0.3, 0.4) is 0 Å². The van der Waals surface area contributed by atoms with Gasteiger partial charge < -0.3 is 10.6 Å². The van der Waals surface area contributed by atoms with E-state index in [0.717, 1.165) is 18.2 Å². The highest BCUT2D eigenvalue weighted by atomic mass is 32.1. The summed E-state index contributed by atoms with van der Waals surface area (Å²) in [6.07, 6.45) is 1.81. The van der Waals surface area contributed by atoms with Crippen LogP contribution in [0, 0.1) is 6.92 Å². The highest BCUT2D eigenvalue weighted by molar-refractivity contribution is 7.09. The molecule has 2 aromatic rings. The van der Waals surface area contributed by atoms with E-state index in [-0.39, 0.29) is 0 Å². The quantitative estimate of drug-likeness (QED) is 0.664. The predicted molar refractivity (Wildman–Crippen MR) is 80.3 cm³/mol. The Hall–Kier alpha value is -1.88. The fraction of sp³-hybridized carbons (Fsp3) is 0.286. The van der Waals surface area contributed by atoms with Crippen molar-refractivity contribution in [2.45, 2.75) is 20.0 Å². The topological polar surface area (TPSA) is 49.3 Å². The first-order chi connectivity index (χ1) is 9.29. The standard InChI is InChI=1S/C14H18N4S/c1-11-5-3-7-16-13(11)10-18-14(15-2)17-9-12-6-4-8-19-12/h3-8H,9-10H2,1-2H3,(H2,15,17,18). The smallest absolute Gasteiger partial charge is 0.191 e. The molecule has 2 N–H and O–H groups in total. The number of nitrogens with zero attached hydrogens (tertiary/aromatic N) is 2. The molecule has 2 heterocycles. The molecule has 0 radical (unpaired) electrons. The number of rotatable bonds is 4. The first-order valence-corrected chi connectivity index (χ1v) is 7.05.